The predicted molar refractivity (Wildman–Crippen MR) is 361 cm³/mol. The first-order chi connectivity index (χ1) is 25.8. The lowest BCUT2D eigenvalue weighted by Crippen LogP contribution is -3.09. The molecule has 0 bridgehead atoms. The third kappa shape index (κ3) is 8.40. The lowest BCUT2D eigenvalue weighted by molar-refractivity contribution is 1.71. The van der Waals surface area contributed by atoms with Crippen molar-refractivity contribution in [1.82, 2.24) is 0 Å². The van der Waals surface area contributed by atoms with Crippen molar-refractivity contribution >= 4 is 143 Å². The fourth-order valence-corrected chi connectivity index (χ4v) is 964. The molecule has 0 aliphatic rings. The number of hydrogen-bond acceptors (Lipinski definition) is 0. The monoisotopic (exact) mass is 1190 g/mol. The van der Waals surface area contributed by atoms with Crippen LogP contribution >= 0.6 is 0 Å². The number of hydrogen-bond donors (Lipinski definition) is 0. The Morgan fingerprint density at radius 3 is 0.242 bits per heavy atom. The summed E-state index contributed by atoms with van der Waals surface area (Å²) in [5.74, 6) is 0. The first-order valence-corrected chi connectivity index (χ1v) is 106. The highest BCUT2D eigenvalue weighted by atomic mass is 30.4. The minimum atomic E-state index is -1.95. The van der Waals surface area contributed by atoms with Gasteiger partial charge in [-0.25, -0.2) is 0 Å². The van der Waals surface area contributed by atoms with Gasteiger partial charge in [0.05, 0.1) is 0 Å². The molecule has 0 spiro atoms. The van der Waals surface area contributed by atoms with Gasteiger partial charge in [-0.3, -0.25) is 0 Å². The summed E-state index contributed by atoms with van der Waals surface area (Å²) in [6.45, 7) is 121. The Kier molecular flexibility index (Phi) is 18.7. The van der Waals surface area contributed by atoms with E-state index >= 15 is 0 Å². The zero-order valence-electron chi connectivity index (χ0n) is 52.0. The summed E-state index contributed by atoms with van der Waals surface area (Å²) >= 11 is 0. The maximum Gasteiger partial charge on any atom is 0.0331 e. The second-order valence-corrected chi connectivity index (χ2v) is 274. The third-order valence-corrected chi connectivity index (χ3v) is 559. The summed E-state index contributed by atoms with van der Waals surface area (Å²) in [7, 11) is -23.0. The summed E-state index contributed by atoms with van der Waals surface area (Å²) < 4.78 is 0. The van der Waals surface area contributed by atoms with E-state index in [-0.39, 0.29) is 0 Å². The van der Waals surface area contributed by atoms with E-state index in [4.69, 9.17) is 0 Å². The van der Waals surface area contributed by atoms with Crippen LogP contribution < -0.4 is 0 Å². The van der Waals surface area contributed by atoms with Crippen LogP contribution in [0, 0.1) is 0 Å². The van der Waals surface area contributed by atoms with E-state index in [2.05, 4.69) is 275 Å². The molecule has 0 aromatic heterocycles. The van der Waals surface area contributed by atoms with Gasteiger partial charge in [0.15, 0.2) is 0 Å². The molecular formula is C42H126Si20. The molecule has 62 heavy (non-hydrogen) atoms. The molecule has 0 aliphatic carbocycles. The molecule has 0 saturated heterocycles. The highest BCUT2D eigenvalue weighted by Gasteiger charge is 2.85. The zero-order chi connectivity index (χ0) is 52.0. The predicted octanol–water partition coefficient (Wildman–Crippen LogP) is 16.9. The topological polar surface area (TPSA) is 0 Å². The SMILES string of the molecule is C[Si](C)(C)[Si](C)([Si](C)(C)C)[Si](C)(C)[Si](C)([Si](C)(C)[Si](C)(C)[Si](C)([Si](C)(C)[Si](C)([Si](C)(C)C)[Si](C)(C)C)[Si](C)(C)[Si](C)([Si](C)(C)C)[Si](C)(C)C)[Si](C)(C)[Si](C)([Si](C)(C)C)[Si](C)(C)C. The molecule has 0 fully saturated rings. The minimum Gasteiger partial charge on any atom is -0.0753 e. The Hall–Kier alpha value is 4.34. The van der Waals surface area contributed by atoms with Crippen LogP contribution in [0.25, 0.3) is 0 Å². The first kappa shape index (κ1) is 66.3. The second kappa shape index (κ2) is 17.5. The molecule has 374 valence electrons. The molecule has 0 saturated carbocycles. The van der Waals surface area contributed by atoms with Crippen molar-refractivity contribution in [2.45, 2.75) is 275 Å². The van der Waals surface area contributed by atoms with Crippen LogP contribution in [0.1, 0.15) is 0 Å². The normalized spacial score (nSPS) is 17.5. The van der Waals surface area contributed by atoms with Gasteiger partial charge in [0.2, 0.25) is 0 Å². The lowest BCUT2D eigenvalue weighted by Gasteiger charge is -2.79. The average Bonchev–Trinajstić information content (AvgIpc) is 2.96. The Bertz CT molecular complexity index is 1330. The highest BCUT2D eigenvalue weighted by molar-refractivity contribution is 8.28. The fourth-order valence-electron chi connectivity index (χ4n) is 19.9. The molecule has 0 radical (unpaired) electrons. The van der Waals surface area contributed by atoms with Gasteiger partial charge in [-0.2, -0.15) is 0 Å². The Morgan fingerprint density at radius 2 is 0.177 bits per heavy atom. The van der Waals surface area contributed by atoms with E-state index in [9.17, 15) is 0 Å². The molecule has 0 aromatic rings. The summed E-state index contributed by atoms with van der Waals surface area (Å²) in [6, 6.07) is 0. The molecule has 20 heteroatoms. The van der Waals surface area contributed by atoms with Crippen molar-refractivity contribution in [1.29, 1.82) is 0 Å². The van der Waals surface area contributed by atoms with Crippen molar-refractivity contribution in [2.24, 2.45) is 0 Å². The van der Waals surface area contributed by atoms with Gasteiger partial charge < -0.3 is 0 Å². The summed E-state index contributed by atoms with van der Waals surface area (Å²) in [5, 5.41) is 0. The van der Waals surface area contributed by atoms with Gasteiger partial charge in [0.25, 0.3) is 0 Å². The number of rotatable bonds is 19. The second-order valence-electron chi connectivity index (χ2n) is 34.5. The fraction of sp³-hybridized carbons (Fsp3) is 1.00. The van der Waals surface area contributed by atoms with E-state index in [1.54, 1.807) is 0 Å². The van der Waals surface area contributed by atoms with Crippen LogP contribution in [0.3, 0.4) is 0 Å². The molecule has 0 N–H and O–H groups in total. The molecule has 0 rings (SSSR count). The maximum absolute atomic E-state index is 3.47. The van der Waals surface area contributed by atoms with Crippen molar-refractivity contribution in [3.63, 3.8) is 0 Å². The molecule has 0 heterocycles. The maximum atomic E-state index is 3.47. The van der Waals surface area contributed by atoms with Gasteiger partial charge in [-0.15, -0.1) is 0 Å². The van der Waals surface area contributed by atoms with E-state index in [0.29, 0.717) is 0 Å². The Balaban J connectivity index is 10.7. The van der Waals surface area contributed by atoms with Gasteiger partial charge in [0, 0.05) is 143 Å². The molecule has 0 nitrogen and oxygen atoms in total. The molecule has 0 unspecified atom stereocenters. The van der Waals surface area contributed by atoms with Crippen LogP contribution in [0.15, 0.2) is 0 Å². The van der Waals surface area contributed by atoms with E-state index < -0.39 is 143 Å². The Labute approximate surface area is 413 Å². The standard InChI is InChI=1S/C42H126Si20/c1-43(2,3)57(37,44(4,5)6)53(29,30)61(41,54(31,32)58(38,45(7,8)9)46(10,11)12)51(25,26)52(27,28)62(42,55(33,34)59(39,47(13,14)15)48(16,17)18)56(35,36)60(40,49(19,20)21)50(22,23)24/h1-42H3. The van der Waals surface area contributed by atoms with Gasteiger partial charge >= 0.3 is 0 Å². The highest BCUT2D eigenvalue weighted by Crippen LogP contribution is 2.59. The van der Waals surface area contributed by atoms with Crippen molar-refractivity contribution in [3.8, 4) is 0 Å². The summed E-state index contributed by atoms with van der Waals surface area (Å²) in [4.78, 5) is 0. The van der Waals surface area contributed by atoms with Crippen molar-refractivity contribution in [2.75, 3.05) is 0 Å². The molecule has 0 atom stereocenters. The first-order valence-electron chi connectivity index (χ1n) is 25.8. The van der Waals surface area contributed by atoms with Crippen molar-refractivity contribution in [3.05, 3.63) is 0 Å². The average molecular weight is 1190 g/mol. The zero-order valence-corrected chi connectivity index (χ0v) is 72.0. The van der Waals surface area contributed by atoms with E-state index in [1.165, 1.54) is 0 Å². The Morgan fingerprint density at radius 1 is 0.0968 bits per heavy atom. The van der Waals surface area contributed by atoms with Gasteiger partial charge in [-0.05, 0) is 0 Å². The molecule has 0 amide bonds. The van der Waals surface area contributed by atoms with E-state index in [0.717, 1.165) is 0 Å². The summed E-state index contributed by atoms with van der Waals surface area (Å²) in [5.41, 5.74) is 0. The molecule has 0 aromatic carbocycles. The molecule has 0 aliphatic heterocycles. The van der Waals surface area contributed by atoms with E-state index in [1.807, 2.05) is 0 Å². The minimum absolute atomic E-state index is 1.48. The van der Waals surface area contributed by atoms with Gasteiger partial charge in [0.1, 0.15) is 0 Å². The van der Waals surface area contributed by atoms with Crippen LogP contribution in [0.2, 0.25) is 275 Å². The summed E-state index contributed by atoms with van der Waals surface area (Å²) in [6.07, 6.45) is 0. The lowest BCUT2D eigenvalue weighted by atomic mass is 11.8. The van der Waals surface area contributed by atoms with Crippen LogP contribution in [0.5, 0.6) is 0 Å². The quantitative estimate of drug-likeness (QED) is 0.113. The third-order valence-electron chi connectivity index (χ3n) is 26.1. The smallest absolute Gasteiger partial charge is 0.0331 e. The largest absolute Gasteiger partial charge is 0.0753 e. The van der Waals surface area contributed by atoms with Crippen LogP contribution in [0.4, 0.5) is 0 Å². The van der Waals surface area contributed by atoms with Crippen molar-refractivity contribution < 1.29 is 0 Å². The van der Waals surface area contributed by atoms with Crippen LogP contribution in [-0.4, -0.2) is 143 Å². The van der Waals surface area contributed by atoms with Crippen LogP contribution in [-0.2, 0) is 0 Å². The van der Waals surface area contributed by atoms with Gasteiger partial charge in [-0.1, -0.05) is 275 Å². The molecular weight excluding hydrogens is 1070 g/mol.